The summed E-state index contributed by atoms with van der Waals surface area (Å²) in [7, 11) is 0. The van der Waals surface area contributed by atoms with E-state index in [0.29, 0.717) is 11.3 Å². The van der Waals surface area contributed by atoms with Crippen molar-refractivity contribution in [2.75, 3.05) is 6.61 Å². The number of benzene rings is 2. The third-order valence-corrected chi connectivity index (χ3v) is 5.14. The summed E-state index contributed by atoms with van der Waals surface area (Å²) in [6.07, 6.45) is -4.73. The Morgan fingerprint density at radius 3 is 2.31 bits per heavy atom. The number of hydrogen-bond donors (Lipinski definition) is 3. The molecule has 0 heterocycles. The zero-order valence-electron chi connectivity index (χ0n) is 14.3. The smallest absolute Gasteiger partial charge is 0.395 e. The van der Waals surface area contributed by atoms with Gasteiger partial charge in [-0.3, -0.25) is 0 Å². The molecule has 0 aliphatic rings. The fourth-order valence-corrected chi connectivity index (χ4v) is 3.41. The maximum atomic E-state index is 12.8. The third-order valence-electron chi connectivity index (χ3n) is 4.15. The highest BCUT2D eigenvalue weighted by Crippen LogP contribution is 2.35. The Kier molecular flexibility index (Phi) is 7.11. The van der Waals surface area contributed by atoms with Gasteiger partial charge in [-0.25, -0.2) is 0 Å². The summed E-state index contributed by atoms with van der Waals surface area (Å²) in [6, 6.07) is 12.0. The second-order valence-electron chi connectivity index (χ2n) is 6.25. The van der Waals surface area contributed by atoms with Crippen molar-refractivity contribution in [2.45, 2.75) is 47.4 Å². The van der Waals surface area contributed by atoms with Crippen LogP contribution in [0.3, 0.4) is 0 Å². The molecule has 0 aliphatic carbocycles. The van der Waals surface area contributed by atoms with Gasteiger partial charge in [0.25, 0.3) is 0 Å². The number of hydrogen-bond acceptors (Lipinski definition) is 4. The molecule has 2 rings (SSSR count). The van der Waals surface area contributed by atoms with Crippen LogP contribution in [0, 0.1) is 0 Å². The molecule has 7 heteroatoms. The van der Waals surface area contributed by atoms with Gasteiger partial charge in [0, 0.05) is 9.79 Å². The van der Waals surface area contributed by atoms with E-state index in [9.17, 15) is 18.3 Å². The van der Waals surface area contributed by atoms with E-state index in [2.05, 4.69) is 0 Å². The highest BCUT2D eigenvalue weighted by molar-refractivity contribution is 7.99. The Bertz CT molecular complexity index is 707. The average Bonchev–Trinajstić information content (AvgIpc) is 2.61. The second-order valence-corrected chi connectivity index (χ2v) is 7.39. The molecule has 4 N–H and O–H groups in total. The zero-order chi connectivity index (χ0) is 19.3. The monoisotopic (exact) mass is 385 g/mol. The van der Waals surface area contributed by atoms with E-state index in [4.69, 9.17) is 10.8 Å². The Morgan fingerprint density at radius 2 is 1.73 bits per heavy atom. The lowest BCUT2D eigenvalue weighted by molar-refractivity contribution is -0.137. The van der Waals surface area contributed by atoms with Gasteiger partial charge in [0.1, 0.15) is 0 Å². The molecule has 142 valence electrons. The molecular formula is C19H22F3NO2S. The lowest BCUT2D eigenvalue weighted by Gasteiger charge is -2.21. The highest BCUT2D eigenvalue weighted by Gasteiger charge is 2.30. The lowest BCUT2D eigenvalue weighted by atomic mass is 9.93. The molecular weight excluding hydrogens is 363 g/mol. The largest absolute Gasteiger partial charge is 0.416 e. The summed E-state index contributed by atoms with van der Waals surface area (Å²) in [4.78, 5) is 1.35. The average molecular weight is 385 g/mol. The molecule has 0 saturated carbocycles. The highest BCUT2D eigenvalue weighted by atomic mass is 32.2. The van der Waals surface area contributed by atoms with Gasteiger partial charge in [0.2, 0.25) is 0 Å². The summed E-state index contributed by atoms with van der Waals surface area (Å²) in [5, 5.41) is 18.9. The van der Waals surface area contributed by atoms with Gasteiger partial charge >= 0.3 is 6.18 Å². The lowest BCUT2D eigenvalue weighted by Crippen LogP contribution is -2.38. The molecule has 2 aromatic rings. The van der Waals surface area contributed by atoms with Crippen LogP contribution in [-0.2, 0) is 6.18 Å². The van der Waals surface area contributed by atoms with Crippen molar-refractivity contribution in [3.05, 3.63) is 59.7 Å². The molecule has 0 aliphatic heterocycles. The SMILES string of the molecule is CC(CC(O)C(N)CO)c1ccc(Sc2cccc(C(F)(F)F)c2)cc1. The minimum absolute atomic E-state index is 0.0372. The molecule has 0 spiro atoms. The topological polar surface area (TPSA) is 66.5 Å². The van der Waals surface area contributed by atoms with E-state index in [0.717, 1.165) is 22.6 Å². The number of rotatable bonds is 7. The number of alkyl halides is 3. The van der Waals surface area contributed by atoms with Crippen LogP contribution < -0.4 is 5.73 Å². The summed E-state index contributed by atoms with van der Waals surface area (Å²) < 4.78 is 38.3. The molecule has 3 nitrogen and oxygen atoms in total. The van der Waals surface area contributed by atoms with E-state index in [1.165, 1.54) is 17.8 Å². The van der Waals surface area contributed by atoms with Gasteiger partial charge < -0.3 is 15.9 Å². The molecule has 3 unspecified atom stereocenters. The van der Waals surface area contributed by atoms with Crippen molar-refractivity contribution in [1.29, 1.82) is 0 Å². The second kappa shape index (κ2) is 8.90. The van der Waals surface area contributed by atoms with E-state index in [-0.39, 0.29) is 12.5 Å². The first-order valence-electron chi connectivity index (χ1n) is 8.20. The van der Waals surface area contributed by atoms with Crippen LogP contribution in [0.4, 0.5) is 13.2 Å². The molecule has 26 heavy (non-hydrogen) atoms. The quantitative estimate of drug-likeness (QED) is 0.673. The molecule has 0 saturated heterocycles. The van der Waals surface area contributed by atoms with Gasteiger partial charge in [-0.1, -0.05) is 36.9 Å². The first kappa shape index (κ1) is 20.8. The van der Waals surface area contributed by atoms with E-state index in [1.807, 2.05) is 31.2 Å². The zero-order valence-corrected chi connectivity index (χ0v) is 15.1. The van der Waals surface area contributed by atoms with Gasteiger partial charge in [0.05, 0.1) is 24.3 Å². The van der Waals surface area contributed by atoms with E-state index < -0.39 is 23.9 Å². The Hall–Kier alpha value is -1.54. The molecule has 0 fully saturated rings. The van der Waals surface area contributed by atoms with Crippen LogP contribution in [0.5, 0.6) is 0 Å². The Labute approximate surface area is 155 Å². The van der Waals surface area contributed by atoms with Crippen molar-refractivity contribution in [1.82, 2.24) is 0 Å². The summed E-state index contributed by atoms with van der Waals surface area (Å²) in [5.74, 6) is 0.0372. The summed E-state index contributed by atoms with van der Waals surface area (Å²) >= 11 is 1.26. The Balaban J connectivity index is 2.03. The van der Waals surface area contributed by atoms with Crippen molar-refractivity contribution in [2.24, 2.45) is 5.73 Å². The third kappa shape index (κ3) is 5.74. The van der Waals surface area contributed by atoms with Crippen LogP contribution in [0.2, 0.25) is 0 Å². The normalized spacial score (nSPS) is 15.5. The number of halogens is 3. The maximum absolute atomic E-state index is 12.8. The van der Waals surface area contributed by atoms with Gasteiger partial charge in [0.15, 0.2) is 0 Å². The standard InChI is InChI=1S/C19H22F3NO2S/c1-12(9-18(25)17(23)11-24)13-5-7-15(8-6-13)26-16-4-2-3-14(10-16)19(20,21)22/h2-8,10,12,17-18,24-25H,9,11,23H2,1H3. The molecule has 2 aromatic carbocycles. The van der Waals surface area contributed by atoms with E-state index >= 15 is 0 Å². The number of aliphatic hydroxyl groups excluding tert-OH is 2. The minimum Gasteiger partial charge on any atom is -0.395 e. The van der Waals surface area contributed by atoms with Crippen LogP contribution >= 0.6 is 11.8 Å². The maximum Gasteiger partial charge on any atom is 0.416 e. The summed E-state index contributed by atoms with van der Waals surface area (Å²) in [6.45, 7) is 1.67. The molecule has 0 aromatic heterocycles. The van der Waals surface area contributed by atoms with Crippen molar-refractivity contribution >= 4 is 11.8 Å². The summed E-state index contributed by atoms with van der Waals surface area (Å²) in [5.41, 5.74) is 5.94. The van der Waals surface area contributed by atoms with Crippen LogP contribution in [0.25, 0.3) is 0 Å². The van der Waals surface area contributed by atoms with Crippen LogP contribution in [-0.4, -0.2) is 29.0 Å². The molecule has 0 amide bonds. The van der Waals surface area contributed by atoms with Gasteiger partial charge in [-0.2, -0.15) is 13.2 Å². The molecule has 0 bridgehead atoms. The van der Waals surface area contributed by atoms with Crippen LogP contribution in [0.1, 0.15) is 30.4 Å². The van der Waals surface area contributed by atoms with Crippen molar-refractivity contribution < 1.29 is 23.4 Å². The van der Waals surface area contributed by atoms with Crippen molar-refractivity contribution in [3.63, 3.8) is 0 Å². The fraction of sp³-hybridized carbons (Fsp3) is 0.368. The molecule has 3 atom stereocenters. The van der Waals surface area contributed by atoms with Crippen LogP contribution in [0.15, 0.2) is 58.3 Å². The van der Waals surface area contributed by atoms with E-state index in [1.54, 1.807) is 6.07 Å². The Morgan fingerprint density at radius 1 is 1.08 bits per heavy atom. The number of aliphatic hydroxyl groups is 2. The minimum atomic E-state index is -4.36. The van der Waals surface area contributed by atoms with Crippen molar-refractivity contribution in [3.8, 4) is 0 Å². The predicted molar refractivity (Wildman–Crippen MR) is 96.1 cm³/mol. The number of nitrogens with two attached hydrogens (primary N) is 1. The van der Waals surface area contributed by atoms with Gasteiger partial charge in [-0.05, 0) is 48.2 Å². The fourth-order valence-electron chi connectivity index (χ4n) is 2.53. The molecule has 0 radical (unpaired) electrons. The predicted octanol–water partition coefficient (Wildman–Crippen LogP) is 4.03. The van der Waals surface area contributed by atoms with Gasteiger partial charge in [-0.15, -0.1) is 0 Å². The first-order chi connectivity index (χ1) is 12.2. The first-order valence-corrected chi connectivity index (χ1v) is 9.02.